The van der Waals surface area contributed by atoms with Crippen LogP contribution >= 0.6 is 22.9 Å². The van der Waals surface area contributed by atoms with Gasteiger partial charge in [-0.2, -0.15) is 0 Å². The van der Waals surface area contributed by atoms with E-state index in [1.54, 1.807) is 29.5 Å². The van der Waals surface area contributed by atoms with Gasteiger partial charge in [-0.3, -0.25) is 5.41 Å². The number of hydrogen-bond acceptors (Lipinski definition) is 4. The number of nitrogens with one attached hydrogen (secondary N) is 1. The monoisotopic (exact) mass is 295 g/mol. The molecule has 0 aliphatic heterocycles. The minimum absolute atomic E-state index is 0.0884. The first kappa shape index (κ1) is 13.8. The number of halogens is 1. The van der Waals surface area contributed by atoms with Crippen LogP contribution in [0, 0.1) is 12.3 Å². The zero-order valence-electron chi connectivity index (χ0n) is 10.4. The second-order valence-electron chi connectivity index (χ2n) is 3.99. The fourth-order valence-corrected chi connectivity index (χ4v) is 2.74. The molecule has 6 heteroatoms. The normalized spacial score (nSPS) is 10.4. The van der Waals surface area contributed by atoms with Crippen molar-refractivity contribution >= 4 is 28.8 Å². The molecule has 100 valence electrons. The standard InChI is InChI=1S/C13H14ClN3OS/c1-8-11(19-7-17-8)5-6-18-10-4-2-3-9(14)12(10)13(15)16/h2-4,7H,5-6H2,1H3,(H3,15,16). The van der Waals surface area contributed by atoms with Gasteiger partial charge in [0, 0.05) is 11.3 Å². The van der Waals surface area contributed by atoms with Crippen molar-refractivity contribution in [1.29, 1.82) is 5.41 Å². The molecule has 1 heterocycles. The molecular formula is C13H14ClN3OS. The maximum Gasteiger partial charge on any atom is 0.131 e. The molecule has 2 rings (SSSR count). The van der Waals surface area contributed by atoms with Crippen molar-refractivity contribution in [1.82, 2.24) is 4.98 Å². The highest BCUT2D eigenvalue weighted by Crippen LogP contribution is 2.26. The molecule has 0 aliphatic rings. The molecule has 2 aromatic rings. The van der Waals surface area contributed by atoms with E-state index in [0.717, 1.165) is 12.1 Å². The van der Waals surface area contributed by atoms with E-state index >= 15 is 0 Å². The van der Waals surface area contributed by atoms with Crippen molar-refractivity contribution in [2.75, 3.05) is 6.61 Å². The van der Waals surface area contributed by atoms with E-state index in [0.29, 0.717) is 22.9 Å². The van der Waals surface area contributed by atoms with Gasteiger partial charge in [0.15, 0.2) is 0 Å². The Kier molecular flexibility index (Phi) is 4.39. The van der Waals surface area contributed by atoms with Gasteiger partial charge < -0.3 is 10.5 Å². The van der Waals surface area contributed by atoms with Crippen LogP contribution in [-0.2, 0) is 6.42 Å². The summed E-state index contributed by atoms with van der Waals surface area (Å²) in [5.74, 6) is 0.455. The Morgan fingerprint density at radius 1 is 1.53 bits per heavy atom. The van der Waals surface area contributed by atoms with E-state index in [2.05, 4.69) is 4.98 Å². The fourth-order valence-electron chi connectivity index (χ4n) is 1.71. The molecule has 1 aromatic carbocycles. The van der Waals surface area contributed by atoms with Crippen molar-refractivity contribution in [3.8, 4) is 5.75 Å². The molecule has 0 fully saturated rings. The van der Waals surface area contributed by atoms with E-state index in [4.69, 9.17) is 27.5 Å². The predicted molar refractivity (Wildman–Crippen MR) is 78.5 cm³/mol. The molecule has 3 N–H and O–H groups in total. The lowest BCUT2D eigenvalue weighted by Crippen LogP contribution is -2.14. The Hall–Kier alpha value is -1.59. The minimum Gasteiger partial charge on any atom is -0.492 e. The van der Waals surface area contributed by atoms with E-state index in [9.17, 15) is 0 Å². The lowest BCUT2D eigenvalue weighted by atomic mass is 10.2. The molecule has 0 saturated carbocycles. The predicted octanol–water partition coefficient (Wildman–Crippen LogP) is 3.01. The number of rotatable bonds is 5. The molecule has 4 nitrogen and oxygen atoms in total. The summed E-state index contributed by atoms with van der Waals surface area (Å²) in [4.78, 5) is 5.39. The highest BCUT2D eigenvalue weighted by Gasteiger charge is 2.11. The molecule has 0 bridgehead atoms. The summed E-state index contributed by atoms with van der Waals surface area (Å²) >= 11 is 7.63. The first-order valence-corrected chi connectivity index (χ1v) is 7.00. The maximum atomic E-state index is 7.53. The Balaban J connectivity index is 2.06. The first-order valence-electron chi connectivity index (χ1n) is 5.74. The molecular weight excluding hydrogens is 282 g/mol. The molecule has 0 spiro atoms. The van der Waals surface area contributed by atoms with E-state index in [1.165, 1.54) is 4.88 Å². The zero-order valence-corrected chi connectivity index (χ0v) is 12.0. The number of aryl methyl sites for hydroxylation is 1. The maximum absolute atomic E-state index is 7.53. The Morgan fingerprint density at radius 2 is 2.32 bits per heavy atom. The number of nitrogens with zero attached hydrogens (tertiary/aromatic N) is 1. The third-order valence-electron chi connectivity index (χ3n) is 2.68. The van der Waals surface area contributed by atoms with Crippen LogP contribution in [0.25, 0.3) is 0 Å². The van der Waals surface area contributed by atoms with Crippen molar-refractivity contribution < 1.29 is 4.74 Å². The van der Waals surface area contributed by atoms with Gasteiger partial charge in [0.2, 0.25) is 0 Å². The number of nitrogen functional groups attached to an aromatic ring is 1. The van der Waals surface area contributed by atoms with Crippen LogP contribution in [0.2, 0.25) is 5.02 Å². The third-order valence-corrected chi connectivity index (χ3v) is 3.99. The zero-order chi connectivity index (χ0) is 13.8. The van der Waals surface area contributed by atoms with Gasteiger partial charge in [0.05, 0.1) is 28.4 Å². The highest BCUT2D eigenvalue weighted by molar-refractivity contribution is 7.09. The number of aromatic nitrogens is 1. The summed E-state index contributed by atoms with van der Waals surface area (Å²) in [6.45, 7) is 2.48. The average Bonchev–Trinajstić information content (AvgIpc) is 2.75. The molecule has 19 heavy (non-hydrogen) atoms. The SMILES string of the molecule is Cc1ncsc1CCOc1cccc(Cl)c1C(=N)N. The second-order valence-corrected chi connectivity index (χ2v) is 5.33. The molecule has 0 amide bonds. The van der Waals surface area contributed by atoms with E-state index in [-0.39, 0.29) is 5.84 Å². The highest BCUT2D eigenvalue weighted by atomic mass is 35.5. The van der Waals surface area contributed by atoms with Crippen molar-refractivity contribution in [2.24, 2.45) is 5.73 Å². The van der Waals surface area contributed by atoms with E-state index in [1.807, 2.05) is 12.4 Å². The number of hydrogen-bond donors (Lipinski definition) is 2. The summed E-state index contributed by atoms with van der Waals surface area (Å²) in [5.41, 5.74) is 8.82. The van der Waals surface area contributed by atoms with E-state index < -0.39 is 0 Å². The molecule has 0 aliphatic carbocycles. The average molecular weight is 296 g/mol. The van der Waals surface area contributed by atoms with Gasteiger partial charge in [-0.25, -0.2) is 4.98 Å². The van der Waals surface area contributed by atoms with Crippen LogP contribution in [0.5, 0.6) is 5.75 Å². The minimum atomic E-state index is -0.0884. The van der Waals surface area contributed by atoms with Gasteiger partial charge in [-0.05, 0) is 19.1 Å². The first-order chi connectivity index (χ1) is 9.09. The smallest absolute Gasteiger partial charge is 0.131 e. The number of amidine groups is 1. The molecule has 1 aromatic heterocycles. The molecule has 0 radical (unpaired) electrons. The third kappa shape index (κ3) is 3.24. The quantitative estimate of drug-likeness (QED) is 0.658. The number of thiazole rings is 1. The van der Waals surface area contributed by atoms with Gasteiger partial charge in [-0.1, -0.05) is 17.7 Å². The largest absolute Gasteiger partial charge is 0.492 e. The number of benzene rings is 1. The number of ether oxygens (including phenoxy) is 1. The van der Waals surface area contributed by atoms with Crippen molar-refractivity contribution in [3.63, 3.8) is 0 Å². The molecule has 0 atom stereocenters. The summed E-state index contributed by atoms with van der Waals surface area (Å²) < 4.78 is 5.68. The summed E-state index contributed by atoms with van der Waals surface area (Å²) in [7, 11) is 0. The fraction of sp³-hybridized carbons (Fsp3) is 0.231. The Morgan fingerprint density at radius 3 is 2.95 bits per heavy atom. The van der Waals surface area contributed by atoms with Gasteiger partial charge in [0.25, 0.3) is 0 Å². The summed E-state index contributed by atoms with van der Waals surface area (Å²) in [5, 5.41) is 7.96. The van der Waals surface area contributed by atoms with Crippen molar-refractivity contribution in [2.45, 2.75) is 13.3 Å². The lowest BCUT2D eigenvalue weighted by molar-refractivity contribution is 0.322. The lowest BCUT2D eigenvalue weighted by Gasteiger charge is -2.11. The van der Waals surface area contributed by atoms with Gasteiger partial charge in [-0.15, -0.1) is 11.3 Å². The van der Waals surface area contributed by atoms with Crippen LogP contribution in [-0.4, -0.2) is 17.4 Å². The van der Waals surface area contributed by atoms with Gasteiger partial charge in [0.1, 0.15) is 11.6 Å². The molecule has 0 saturated heterocycles. The van der Waals surface area contributed by atoms with Crippen molar-refractivity contribution in [3.05, 3.63) is 44.9 Å². The summed E-state index contributed by atoms with van der Waals surface area (Å²) in [6.07, 6.45) is 0.778. The van der Waals surface area contributed by atoms with Crippen LogP contribution in [0.15, 0.2) is 23.7 Å². The molecule has 0 unspecified atom stereocenters. The van der Waals surface area contributed by atoms with Gasteiger partial charge >= 0.3 is 0 Å². The summed E-state index contributed by atoms with van der Waals surface area (Å²) in [6, 6.07) is 5.24. The van der Waals surface area contributed by atoms with Crippen LogP contribution in [0.4, 0.5) is 0 Å². The van der Waals surface area contributed by atoms with Crippen LogP contribution in [0.3, 0.4) is 0 Å². The number of nitrogens with two attached hydrogens (primary N) is 1. The Labute approximate surface area is 120 Å². The second kappa shape index (κ2) is 6.04. The van der Waals surface area contributed by atoms with Crippen LogP contribution < -0.4 is 10.5 Å². The topological polar surface area (TPSA) is 72.0 Å². The Bertz CT molecular complexity index is 597. The van der Waals surface area contributed by atoms with Crippen LogP contribution in [0.1, 0.15) is 16.1 Å².